The van der Waals surface area contributed by atoms with Crippen molar-refractivity contribution in [3.63, 3.8) is 0 Å². The molecule has 3 rings (SSSR count). The van der Waals surface area contributed by atoms with Crippen LogP contribution in [0.3, 0.4) is 0 Å². The van der Waals surface area contributed by atoms with Gasteiger partial charge < -0.3 is 15.3 Å². The van der Waals surface area contributed by atoms with Crippen LogP contribution in [0.15, 0.2) is 6.07 Å². The maximum atomic E-state index is 12.5. The first-order valence-electron chi connectivity index (χ1n) is 6.60. The fourth-order valence-electron chi connectivity index (χ4n) is 3.34. The molecule has 2 aliphatic heterocycles. The van der Waals surface area contributed by atoms with Gasteiger partial charge in [0.25, 0.3) is 0 Å². The summed E-state index contributed by atoms with van der Waals surface area (Å²) in [7, 11) is 0. The van der Waals surface area contributed by atoms with Gasteiger partial charge in [-0.05, 0) is 30.5 Å². The van der Waals surface area contributed by atoms with Gasteiger partial charge in [0.1, 0.15) is 6.61 Å². The van der Waals surface area contributed by atoms with E-state index in [0.717, 1.165) is 11.1 Å². The third-order valence-electron chi connectivity index (χ3n) is 4.37. The molecule has 0 saturated carbocycles. The van der Waals surface area contributed by atoms with Gasteiger partial charge in [-0.25, -0.2) is 0 Å². The number of benzene rings is 1. The minimum atomic E-state index is -0.793. The number of fused-ring (bicyclic) bond motifs is 2. The zero-order valence-corrected chi connectivity index (χ0v) is 12.9. The Morgan fingerprint density at radius 2 is 2.24 bits per heavy atom. The van der Waals surface area contributed by atoms with E-state index >= 15 is 0 Å². The third-order valence-corrected chi connectivity index (χ3v) is 5.25. The summed E-state index contributed by atoms with van der Waals surface area (Å²) >= 11 is 12.3. The Morgan fingerprint density at radius 3 is 2.90 bits per heavy atom. The summed E-state index contributed by atoms with van der Waals surface area (Å²) in [5, 5.41) is 12.7. The number of carbonyl (C=O) groups is 2. The molecule has 7 heteroatoms. The maximum absolute atomic E-state index is 12.5. The molecule has 5 nitrogen and oxygen atoms in total. The maximum Gasteiger partial charge on any atom is 0.248 e. The topological polar surface area (TPSA) is 69.6 Å². The van der Waals surface area contributed by atoms with Crippen LogP contribution in [-0.2, 0) is 15.0 Å². The SMILES string of the molecule is Cc1c(Cl)c(Cl)cc2c1C1(CCN(C(=O)CO)C1)C(=O)N2. The van der Waals surface area contributed by atoms with Crippen LogP contribution in [0, 0.1) is 6.92 Å². The molecular weight excluding hydrogens is 315 g/mol. The predicted octanol–water partition coefficient (Wildman–Crippen LogP) is 1.72. The highest BCUT2D eigenvalue weighted by molar-refractivity contribution is 6.43. The Balaban J connectivity index is 2.10. The van der Waals surface area contributed by atoms with E-state index in [0.29, 0.717) is 28.7 Å². The zero-order valence-electron chi connectivity index (χ0n) is 11.4. The van der Waals surface area contributed by atoms with Crippen molar-refractivity contribution in [2.75, 3.05) is 25.0 Å². The van der Waals surface area contributed by atoms with Crippen LogP contribution in [0.4, 0.5) is 5.69 Å². The second kappa shape index (κ2) is 4.87. The van der Waals surface area contributed by atoms with Gasteiger partial charge in [-0.2, -0.15) is 0 Å². The van der Waals surface area contributed by atoms with E-state index in [1.807, 2.05) is 6.92 Å². The minimum absolute atomic E-state index is 0.146. The number of rotatable bonds is 1. The number of halogens is 2. The molecule has 1 atom stereocenters. The zero-order chi connectivity index (χ0) is 15.4. The van der Waals surface area contributed by atoms with Crippen LogP contribution in [0.1, 0.15) is 17.5 Å². The van der Waals surface area contributed by atoms with E-state index in [4.69, 9.17) is 28.3 Å². The van der Waals surface area contributed by atoms with Gasteiger partial charge in [-0.15, -0.1) is 0 Å². The average Bonchev–Trinajstić information content (AvgIpc) is 3.00. The molecule has 1 unspecified atom stereocenters. The van der Waals surface area contributed by atoms with E-state index in [1.165, 1.54) is 4.90 Å². The van der Waals surface area contributed by atoms with Gasteiger partial charge >= 0.3 is 0 Å². The number of aliphatic hydroxyl groups excluding tert-OH is 1. The molecule has 1 saturated heterocycles. The van der Waals surface area contributed by atoms with Crippen LogP contribution >= 0.6 is 23.2 Å². The van der Waals surface area contributed by atoms with Crippen LogP contribution < -0.4 is 5.32 Å². The first-order chi connectivity index (χ1) is 9.90. The van der Waals surface area contributed by atoms with E-state index in [9.17, 15) is 9.59 Å². The van der Waals surface area contributed by atoms with Crippen molar-refractivity contribution in [1.82, 2.24) is 4.90 Å². The number of likely N-dealkylation sites (tertiary alicyclic amines) is 1. The quantitative estimate of drug-likeness (QED) is 0.824. The lowest BCUT2D eigenvalue weighted by atomic mass is 9.79. The first kappa shape index (κ1) is 14.6. The highest BCUT2D eigenvalue weighted by Crippen LogP contribution is 2.49. The van der Waals surface area contributed by atoms with Gasteiger partial charge in [0.15, 0.2) is 0 Å². The molecule has 1 aromatic carbocycles. The highest BCUT2D eigenvalue weighted by Gasteiger charge is 2.53. The fourth-order valence-corrected chi connectivity index (χ4v) is 3.74. The molecule has 0 aliphatic carbocycles. The summed E-state index contributed by atoms with van der Waals surface area (Å²) < 4.78 is 0. The molecule has 21 heavy (non-hydrogen) atoms. The number of hydrogen-bond acceptors (Lipinski definition) is 3. The van der Waals surface area contributed by atoms with Crippen LogP contribution in [0.5, 0.6) is 0 Å². The van der Waals surface area contributed by atoms with Gasteiger partial charge in [0.05, 0.1) is 15.5 Å². The summed E-state index contributed by atoms with van der Waals surface area (Å²) in [6.07, 6.45) is 0.510. The Kier molecular flexibility index (Phi) is 3.39. The second-order valence-electron chi connectivity index (χ2n) is 5.48. The standard InChI is InChI=1S/C14H14Cl2N2O3/c1-7-11-9(4-8(15)12(7)16)17-13(21)14(11)2-3-18(6-14)10(20)5-19/h4,19H,2-3,5-6H2,1H3,(H,17,21). The summed E-state index contributed by atoms with van der Waals surface area (Å²) in [5.74, 6) is -0.516. The number of nitrogens with zero attached hydrogens (tertiary/aromatic N) is 1. The van der Waals surface area contributed by atoms with E-state index in [-0.39, 0.29) is 18.4 Å². The Morgan fingerprint density at radius 1 is 1.52 bits per heavy atom. The van der Waals surface area contributed by atoms with Gasteiger partial charge in [-0.3, -0.25) is 9.59 Å². The lowest BCUT2D eigenvalue weighted by Crippen LogP contribution is -2.40. The first-order valence-corrected chi connectivity index (χ1v) is 7.35. The Bertz CT molecular complexity index is 662. The molecule has 0 radical (unpaired) electrons. The summed E-state index contributed by atoms with van der Waals surface area (Å²) in [6, 6.07) is 1.65. The average molecular weight is 329 g/mol. The van der Waals surface area contributed by atoms with Crippen molar-refractivity contribution in [2.45, 2.75) is 18.8 Å². The molecule has 1 aromatic rings. The second-order valence-corrected chi connectivity index (χ2v) is 6.26. The largest absolute Gasteiger partial charge is 0.387 e. The summed E-state index contributed by atoms with van der Waals surface area (Å²) in [4.78, 5) is 25.7. The Hall–Kier alpha value is -1.30. The van der Waals surface area contributed by atoms with E-state index < -0.39 is 12.0 Å². The van der Waals surface area contributed by atoms with Crippen molar-refractivity contribution in [3.8, 4) is 0 Å². The normalized spacial score (nSPS) is 23.6. The van der Waals surface area contributed by atoms with Crippen molar-refractivity contribution >= 4 is 40.7 Å². The predicted molar refractivity (Wildman–Crippen MR) is 79.8 cm³/mol. The molecule has 1 fully saturated rings. The van der Waals surface area contributed by atoms with Crippen LogP contribution in [0.25, 0.3) is 0 Å². The monoisotopic (exact) mass is 328 g/mol. The third kappa shape index (κ3) is 1.95. The number of hydrogen-bond donors (Lipinski definition) is 2. The van der Waals surface area contributed by atoms with Crippen molar-refractivity contribution < 1.29 is 14.7 Å². The number of amides is 2. The van der Waals surface area contributed by atoms with Crippen molar-refractivity contribution in [1.29, 1.82) is 0 Å². The number of carbonyl (C=O) groups excluding carboxylic acids is 2. The molecule has 2 N–H and O–H groups in total. The lowest BCUT2D eigenvalue weighted by molar-refractivity contribution is -0.133. The van der Waals surface area contributed by atoms with Gasteiger partial charge in [-0.1, -0.05) is 23.2 Å². The van der Waals surface area contributed by atoms with Gasteiger partial charge in [0.2, 0.25) is 11.8 Å². The van der Waals surface area contributed by atoms with Crippen molar-refractivity contribution in [2.24, 2.45) is 0 Å². The highest BCUT2D eigenvalue weighted by atomic mass is 35.5. The van der Waals surface area contributed by atoms with E-state index in [2.05, 4.69) is 5.32 Å². The number of aliphatic hydroxyl groups is 1. The fraction of sp³-hybridized carbons (Fsp3) is 0.429. The lowest BCUT2D eigenvalue weighted by Gasteiger charge is -2.24. The number of anilines is 1. The molecule has 112 valence electrons. The summed E-state index contributed by atoms with van der Waals surface area (Å²) in [6.45, 7) is 1.96. The molecule has 0 bridgehead atoms. The van der Waals surface area contributed by atoms with Gasteiger partial charge in [0, 0.05) is 18.8 Å². The smallest absolute Gasteiger partial charge is 0.248 e. The molecule has 2 heterocycles. The number of nitrogens with one attached hydrogen (secondary N) is 1. The van der Waals surface area contributed by atoms with E-state index in [1.54, 1.807) is 6.07 Å². The van der Waals surface area contributed by atoms with Crippen LogP contribution in [0.2, 0.25) is 10.0 Å². The molecular formula is C14H14Cl2N2O3. The minimum Gasteiger partial charge on any atom is -0.387 e. The van der Waals surface area contributed by atoms with Crippen LogP contribution in [-0.4, -0.2) is 41.5 Å². The molecule has 2 amide bonds. The molecule has 2 aliphatic rings. The summed E-state index contributed by atoms with van der Waals surface area (Å²) in [5.41, 5.74) is 1.44. The van der Waals surface area contributed by atoms with Crippen molar-refractivity contribution in [3.05, 3.63) is 27.2 Å². The molecule has 0 aromatic heterocycles. The Labute approximate surface area is 131 Å². The molecule has 1 spiro atoms.